The maximum atomic E-state index is 10.8. The zero-order valence-corrected chi connectivity index (χ0v) is 16.2. The Morgan fingerprint density at radius 2 is 2.00 bits per heavy atom. The molecular formula is C13H23N2NaO5S. The summed E-state index contributed by atoms with van der Waals surface area (Å²) in [6.45, 7) is 14.1. The number of hydrogen-bond acceptors (Lipinski definition) is 4. The second kappa shape index (κ2) is 12.8. The largest absolute Gasteiger partial charge is 1.00 e. The van der Waals surface area contributed by atoms with E-state index in [0.717, 1.165) is 25.5 Å². The minimum atomic E-state index is -4.08. The Morgan fingerprint density at radius 3 is 2.23 bits per heavy atom. The Morgan fingerprint density at radius 1 is 1.50 bits per heavy atom. The molecule has 1 aliphatic rings. The molecule has 2 amide bonds. The van der Waals surface area contributed by atoms with Crippen LogP contribution in [0.25, 0.3) is 0 Å². The van der Waals surface area contributed by atoms with Gasteiger partial charge in [-0.25, -0.2) is 0 Å². The van der Waals surface area contributed by atoms with Crippen molar-refractivity contribution in [3.05, 3.63) is 25.8 Å². The number of hydrogen-bond donors (Lipinski definition) is 3. The summed E-state index contributed by atoms with van der Waals surface area (Å²) in [4.78, 5) is 20.9. The fourth-order valence-electron chi connectivity index (χ4n) is 1.44. The van der Waals surface area contributed by atoms with Crippen molar-refractivity contribution in [2.45, 2.75) is 32.2 Å². The van der Waals surface area contributed by atoms with E-state index in [0.29, 0.717) is 0 Å². The van der Waals surface area contributed by atoms with Crippen LogP contribution in [-0.4, -0.2) is 42.6 Å². The molecule has 3 N–H and O–H groups in total. The maximum absolute atomic E-state index is 10.8. The molecule has 0 aromatic carbocycles. The average molecular weight is 342 g/mol. The predicted molar refractivity (Wildman–Crippen MR) is 81.0 cm³/mol. The first-order chi connectivity index (χ1) is 9.56. The molecule has 22 heavy (non-hydrogen) atoms. The van der Waals surface area contributed by atoms with E-state index in [1.807, 2.05) is 0 Å². The SMILES string of the molecule is C=CC(=O)NC(C)(C)CS(=O)(=O)O.O=C1CCCN1.[CH-]=C.[Na+]. The van der Waals surface area contributed by atoms with Crippen LogP contribution in [0, 0.1) is 6.58 Å². The van der Waals surface area contributed by atoms with Gasteiger partial charge < -0.3 is 17.2 Å². The fraction of sp³-hybridized carbons (Fsp3) is 0.538. The third kappa shape index (κ3) is 17.4. The van der Waals surface area contributed by atoms with Crippen molar-refractivity contribution in [2.24, 2.45) is 0 Å². The Bertz CT molecular complexity index is 455. The third-order valence-electron chi connectivity index (χ3n) is 2.09. The molecule has 0 bridgehead atoms. The van der Waals surface area contributed by atoms with Crippen LogP contribution in [0.2, 0.25) is 0 Å². The van der Waals surface area contributed by atoms with Crippen LogP contribution in [0.4, 0.5) is 0 Å². The maximum Gasteiger partial charge on any atom is 1.00 e. The van der Waals surface area contributed by atoms with Gasteiger partial charge in [0.05, 0.1) is 11.3 Å². The normalized spacial score (nSPS) is 13.1. The Balaban J connectivity index is -0.000000334. The van der Waals surface area contributed by atoms with E-state index in [-0.39, 0.29) is 35.5 Å². The second-order valence-electron chi connectivity index (χ2n) is 4.76. The summed E-state index contributed by atoms with van der Waals surface area (Å²) in [7, 11) is -4.08. The van der Waals surface area contributed by atoms with Gasteiger partial charge in [0.15, 0.2) is 0 Å². The fourth-order valence-corrected chi connectivity index (χ4v) is 2.43. The molecule has 9 heteroatoms. The average Bonchev–Trinajstić information content (AvgIpc) is 2.79. The summed E-state index contributed by atoms with van der Waals surface area (Å²) in [6.07, 6.45) is 2.80. The van der Waals surface area contributed by atoms with Gasteiger partial charge in [0.25, 0.3) is 10.1 Å². The first-order valence-corrected chi connectivity index (χ1v) is 7.74. The minimum Gasteiger partial charge on any atom is -0.521 e. The molecule has 0 saturated carbocycles. The van der Waals surface area contributed by atoms with Crippen LogP contribution >= 0.6 is 0 Å². The van der Waals surface area contributed by atoms with E-state index in [2.05, 4.69) is 30.4 Å². The van der Waals surface area contributed by atoms with Gasteiger partial charge in [-0.3, -0.25) is 20.7 Å². The van der Waals surface area contributed by atoms with Crippen molar-refractivity contribution in [3.63, 3.8) is 0 Å². The van der Waals surface area contributed by atoms with Crippen molar-refractivity contribution in [1.29, 1.82) is 0 Å². The number of rotatable bonds is 4. The van der Waals surface area contributed by atoms with E-state index >= 15 is 0 Å². The van der Waals surface area contributed by atoms with Crippen LogP contribution < -0.4 is 40.2 Å². The van der Waals surface area contributed by atoms with Crippen molar-refractivity contribution in [3.8, 4) is 0 Å². The Kier molecular flexibility index (Phi) is 15.3. The van der Waals surface area contributed by atoms with E-state index in [4.69, 9.17) is 4.55 Å². The first-order valence-electron chi connectivity index (χ1n) is 6.13. The Labute approximate surface area is 154 Å². The molecule has 0 atom stereocenters. The molecule has 0 aliphatic carbocycles. The topological polar surface area (TPSA) is 113 Å². The summed E-state index contributed by atoms with van der Waals surface area (Å²) >= 11 is 0. The molecule has 1 rings (SSSR count). The quantitative estimate of drug-likeness (QED) is 0.226. The molecule has 1 aliphatic heterocycles. The first kappa shape index (κ1) is 26.2. The third-order valence-corrected chi connectivity index (χ3v) is 3.18. The van der Waals surface area contributed by atoms with Gasteiger partial charge in [0.2, 0.25) is 11.8 Å². The standard InChI is InChI=1S/C7H13NO4S.C4H7NO.C2H3.Na/c1-4-6(9)8-7(2,3)5-13(10,11)12;6-4-2-1-3-5-4;1-2;/h4H,1,5H2,2-3H3,(H,8,9)(H,10,11,12);1-3H2,(H,5,6);1H,2H2;/q;;-1;+1. The number of nitrogens with one attached hydrogen (secondary N) is 2. The smallest absolute Gasteiger partial charge is 0.521 e. The van der Waals surface area contributed by atoms with Crippen LogP contribution in [0.15, 0.2) is 19.2 Å². The van der Waals surface area contributed by atoms with Crippen LogP contribution in [0.5, 0.6) is 0 Å². The molecule has 1 fully saturated rings. The summed E-state index contributed by atoms with van der Waals surface area (Å²) in [5.41, 5.74) is -1.00. The van der Waals surface area contributed by atoms with Crippen molar-refractivity contribution < 1.29 is 52.1 Å². The summed E-state index contributed by atoms with van der Waals surface area (Å²) in [5.74, 6) is -0.803. The number of carbonyl (C=O) groups excluding carboxylic acids is 2. The van der Waals surface area contributed by atoms with Gasteiger partial charge in [-0.15, -0.1) is 0 Å². The second-order valence-corrected chi connectivity index (χ2v) is 6.21. The van der Waals surface area contributed by atoms with Gasteiger partial charge in [0, 0.05) is 13.0 Å². The number of amides is 2. The minimum absolute atomic E-state index is 0. The molecule has 0 aromatic heterocycles. The molecule has 0 unspecified atom stereocenters. The van der Waals surface area contributed by atoms with E-state index < -0.39 is 27.3 Å². The molecule has 122 valence electrons. The molecule has 0 radical (unpaired) electrons. The summed E-state index contributed by atoms with van der Waals surface area (Å²) < 4.78 is 29.5. The van der Waals surface area contributed by atoms with Crippen LogP contribution in [0.3, 0.4) is 0 Å². The van der Waals surface area contributed by atoms with Crippen molar-refractivity contribution in [1.82, 2.24) is 10.6 Å². The molecule has 1 heterocycles. The molecular weight excluding hydrogens is 319 g/mol. The van der Waals surface area contributed by atoms with E-state index in [1.165, 1.54) is 13.8 Å². The number of carbonyl (C=O) groups is 2. The van der Waals surface area contributed by atoms with Gasteiger partial charge in [-0.2, -0.15) is 8.42 Å². The zero-order chi connectivity index (χ0) is 17.1. The molecule has 0 spiro atoms. The Hall–Kier alpha value is -0.670. The summed E-state index contributed by atoms with van der Waals surface area (Å²) in [5, 5.41) is 5.05. The monoisotopic (exact) mass is 342 g/mol. The van der Waals surface area contributed by atoms with Crippen molar-refractivity contribution in [2.75, 3.05) is 12.3 Å². The van der Waals surface area contributed by atoms with Gasteiger partial charge in [0.1, 0.15) is 0 Å². The molecule has 0 aromatic rings. The van der Waals surface area contributed by atoms with Crippen LogP contribution in [-0.2, 0) is 19.7 Å². The molecule has 1 saturated heterocycles. The van der Waals surface area contributed by atoms with Gasteiger partial charge in [-0.05, 0) is 26.3 Å². The zero-order valence-electron chi connectivity index (χ0n) is 13.4. The molecule has 7 nitrogen and oxygen atoms in total. The van der Waals surface area contributed by atoms with E-state index in [1.54, 1.807) is 0 Å². The predicted octanol–water partition coefficient (Wildman–Crippen LogP) is -2.54. The van der Waals surface area contributed by atoms with Crippen LogP contribution in [0.1, 0.15) is 26.7 Å². The summed E-state index contributed by atoms with van der Waals surface area (Å²) in [6, 6.07) is 0. The van der Waals surface area contributed by atoms with Gasteiger partial charge >= 0.3 is 29.6 Å². The van der Waals surface area contributed by atoms with Crippen molar-refractivity contribution >= 4 is 21.9 Å². The van der Waals surface area contributed by atoms with E-state index in [9.17, 15) is 18.0 Å². The van der Waals surface area contributed by atoms with Gasteiger partial charge in [-0.1, -0.05) is 6.58 Å².